The van der Waals surface area contributed by atoms with Crippen molar-refractivity contribution in [3.63, 3.8) is 0 Å². The van der Waals surface area contributed by atoms with E-state index in [2.05, 4.69) is 32.9 Å². The molecule has 24 heavy (non-hydrogen) atoms. The van der Waals surface area contributed by atoms with Gasteiger partial charge in [-0.3, -0.25) is 4.79 Å². The van der Waals surface area contributed by atoms with Gasteiger partial charge in [-0.05, 0) is 84.2 Å². The van der Waals surface area contributed by atoms with E-state index in [-0.39, 0.29) is 5.41 Å². The van der Waals surface area contributed by atoms with Crippen LogP contribution in [-0.2, 0) is 4.79 Å². The fourth-order valence-corrected chi connectivity index (χ4v) is 7.10. The standard InChI is InChI=1S/C22H32O2/c1-14(13-23)18-6-7-19-17-5-4-15-12-16(24)8-10-21(15,2)20(17)9-11-22(18,19)3/h4-5,12,14,17-20,23H,6-11,13H2,1-3H3/t14-,17?,18-,19?,20?,21-,22-/m1/s1. The summed E-state index contributed by atoms with van der Waals surface area (Å²) in [7, 11) is 0. The van der Waals surface area contributed by atoms with Crippen molar-refractivity contribution < 1.29 is 9.90 Å². The van der Waals surface area contributed by atoms with E-state index >= 15 is 0 Å². The van der Waals surface area contributed by atoms with Crippen molar-refractivity contribution in [2.45, 2.75) is 59.3 Å². The second kappa shape index (κ2) is 5.56. The van der Waals surface area contributed by atoms with Crippen LogP contribution in [0.3, 0.4) is 0 Å². The summed E-state index contributed by atoms with van der Waals surface area (Å²) in [5, 5.41) is 9.70. The number of hydrogen-bond donors (Lipinski definition) is 1. The molecule has 2 heteroatoms. The van der Waals surface area contributed by atoms with Crippen LogP contribution in [0.4, 0.5) is 0 Å². The lowest BCUT2D eigenvalue weighted by Crippen LogP contribution is -2.49. The molecule has 0 heterocycles. The summed E-state index contributed by atoms with van der Waals surface area (Å²) in [5.74, 6) is 3.51. The van der Waals surface area contributed by atoms with Crippen molar-refractivity contribution >= 4 is 5.78 Å². The van der Waals surface area contributed by atoms with Crippen LogP contribution in [0.2, 0.25) is 0 Å². The van der Waals surface area contributed by atoms with Crippen LogP contribution < -0.4 is 0 Å². The van der Waals surface area contributed by atoms with Gasteiger partial charge >= 0.3 is 0 Å². The molecular weight excluding hydrogens is 296 g/mol. The first-order valence-electron chi connectivity index (χ1n) is 9.94. The lowest BCUT2D eigenvalue weighted by atomic mass is 9.48. The largest absolute Gasteiger partial charge is 0.396 e. The van der Waals surface area contributed by atoms with Gasteiger partial charge in [-0.2, -0.15) is 0 Å². The highest BCUT2D eigenvalue weighted by atomic mass is 16.3. The van der Waals surface area contributed by atoms with E-state index in [4.69, 9.17) is 0 Å². The average Bonchev–Trinajstić information content (AvgIpc) is 2.92. The molecule has 2 nitrogen and oxygen atoms in total. The van der Waals surface area contributed by atoms with Crippen LogP contribution in [0.5, 0.6) is 0 Å². The Labute approximate surface area is 146 Å². The Bertz CT molecular complexity index is 603. The summed E-state index contributed by atoms with van der Waals surface area (Å²) in [6.07, 6.45) is 13.6. The number of carbonyl (C=O) groups is 1. The molecule has 0 aromatic carbocycles. The SMILES string of the molecule is C[C@H](CO)[C@H]1CCC2C3C=CC4=CC(=O)CC[C@@]4(C)C3CC[C@@]21C. The van der Waals surface area contributed by atoms with Crippen LogP contribution in [0, 0.1) is 40.4 Å². The summed E-state index contributed by atoms with van der Waals surface area (Å²) in [6, 6.07) is 0. The number of fused-ring (bicyclic) bond motifs is 5. The number of hydrogen-bond acceptors (Lipinski definition) is 2. The lowest BCUT2D eigenvalue weighted by Gasteiger charge is -2.56. The third-order valence-corrected chi connectivity index (χ3v) is 8.56. The van der Waals surface area contributed by atoms with E-state index in [1.807, 2.05) is 6.08 Å². The number of aliphatic hydroxyl groups excluding tert-OH is 1. The van der Waals surface area contributed by atoms with Gasteiger partial charge in [-0.15, -0.1) is 0 Å². The van der Waals surface area contributed by atoms with Crippen molar-refractivity contribution in [1.29, 1.82) is 0 Å². The van der Waals surface area contributed by atoms with E-state index in [0.717, 1.165) is 18.8 Å². The maximum absolute atomic E-state index is 11.9. The molecule has 132 valence electrons. The highest BCUT2D eigenvalue weighted by Gasteiger charge is 2.58. The zero-order valence-electron chi connectivity index (χ0n) is 15.4. The summed E-state index contributed by atoms with van der Waals surface area (Å²) in [5.41, 5.74) is 1.88. The van der Waals surface area contributed by atoms with Gasteiger partial charge in [0.1, 0.15) is 0 Å². The zero-order valence-corrected chi connectivity index (χ0v) is 15.4. The van der Waals surface area contributed by atoms with Crippen molar-refractivity contribution in [3.05, 3.63) is 23.8 Å². The summed E-state index contributed by atoms with van der Waals surface area (Å²) in [4.78, 5) is 11.9. The van der Waals surface area contributed by atoms with Crippen LogP contribution in [0.15, 0.2) is 23.8 Å². The van der Waals surface area contributed by atoms with E-state index in [1.165, 1.54) is 31.3 Å². The average molecular weight is 328 g/mol. The monoisotopic (exact) mass is 328 g/mol. The molecule has 0 bridgehead atoms. The minimum absolute atomic E-state index is 0.204. The quantitative estimate of drug-likeness (QED) is 0.808. The third kappa shape index (κ3) is 2.14. The van der Waals surface area contributed by atoms with Gasteiger partial charge in [0.05, 0.1) is 0 Å². The first-order chi connectivity index (χ1) is 11.4. The molecule has 7 atom stereocenters. The second-order valence-electron chi connectivity index (χ2n) is 9.52. The van der Waals surface area contributed by atoms with Gasteiger partial charge in [0.2, 0.25) is 0 Å². The van der Waals surface area contributed by atoms with Crippen LogP contribution in [0.25, 0.3) is 0 Å². The Morgan fingerprint density at radius 3 is 2.75 bits per heavy atom. The fourth-order valence-electron chi connectivity index (χ4n) is 7.10. The second-order valence-corrected chi connectivity index (χ2v) is 9.52. The van der Waals surface area contributed by atoms with E-state index in [9.17, 15) is 9.90 Å². The zero-order chi connectivity index (χ0) is 17.1. The lowest BCUT2D eigenvalue weighted by molar-refractivity contribution is -0.116. The van der Waals surface area contributed by atoms with Crippen LogP contribution >= 0.6 is 0 Å². The predicted octanol–water partition coefficient (Wildman–Crippen LogP) is 4.54. The van der Waals surface area contributed by atoms with Gasteiger partial charge < -0.3 is 5.11 Å². The number of allylic oxidation sites excluding steroid dienone is 4. The topological polar surface area (TPSA) is 37.3 Å². The summed E-state index contributed by atoms with van der Waals surface area (Å²) >= 11 is 0. The molecule has 2 saturated carbocycles. The minimum Gasteiger partial charge on any atom is -0.396 e. The van der Waals surface area contributed by atoms with Crippen LogP contribution in [-0.4, -0.2) is 17.5 Å². The molecule has 0 spiro atoms. The predicted molar refractivity (Wildman–Crippen MR) is 96.4 cm³/mol. The van der Waals surface area contributed by atoms with Gasteiger partial charge in [-0.1, -0.05) is 32.9 Å². The van der Waals surface area contributed by atoms with Crippen LogP contribution in [0.1, 0.15) is 59.3 Å². The Morgan fingerprint density at radius 1 is 1.21 bits per heavy atom. The first-order valence-corrected chi connectivity index (χ1v) is 9.94. The first kappa shape index (κ1) is 16.6. The van der Waals surface area contributed by atoms with Gasteiger partial charge in [0.15, 0.2) is 5.78 Å². The van der Waals surface area contributed by atoms with E-state index in [1.54, 1.807) is 0 Å². The van der Waals surface area contributed by atoms with E-state index < -0.39 is 0 Å². The maximum Gasteiger partial charge on any atom is 0.156 e. The molecule has 0 aromatic rings. The van der Waals surface area contributed by atoms with Crippen molar-refractivity contribution in [2.24, 2.45) is 40.4 Å². The minimum atomic E-state index is 0.204. The Balaban J connectivity index is 1.68. The summed E-state index contributed by atoms with van der Waals surface area (Å²) in [6.45, 7) is 7.47. The van der Waals surface area contributed by atoms with Gasteiger partial charge in [0.25, 0.3) is 0 Å². The Morgan fingerprint density at radius 2 is 2.00 bits per heavy atom. The molecule has 0 radical (unpaired) electrons. The molecular formula is C22H32O2. The fraction of sp³-hybridized carbons (Fsp3) is 0.773. The number of rotatable bonds is 2. The normalized spacial score (nSPS) is 48.3. The maximum atomic E-state index is 11.9. The Hall–Kier alpha value is -0.890. The molecule has 0 aromatic heterocycles. The third-order valence-electron chi connectivity index (χ3n) is 8.56. The molecule has 1 N–H and O–H groups in total. The van der Waals surface area contributed by atoms with Crippen molar-refractivity contribution in [2.75, 3.05) is 6.61 Å². The smallest absolute Gasteiger partial charge is 0.156 e. The Kier molecular flexibility index (Phi) is 3.84. The van der Waals surface area contributed by atoms with E-state index in [0.29, 0.717) is 41.5 Å². The molecule has 0 saturated heterocycles. The van der Waals surface area contributed by atoms with Crippen molar-refractivity contribution in [3.8, 4) is 0 Å². The molecule has 0 amide bonds. The number of carbonyl (C=O) groups excluding carboxylic acids is 1. The molecule has 2 fully saturated rings. The van der Waals surface area contributed by atoms with Gasteiger partial charge in [0, 0.05) is 13.0 Å². The number of ketones is 1. The molecule has 0 aliphatic heterocycles. The highest BCUT2D eigenvalue weighted by molar-refractivity contribution is 5.92. The molecule has 4 aliphatic rings. The summed E-state index contributed by atoms with van der Waals surface area (Å²) < 4.78 is 0. The highest BCUT2D eigenvalue weighted by Crippen LogP contribution is 2.66. The number of aliphatic hydroxyl groups is 1. The van der Waals surface area contributed by atoms with Crippen molar-refractivity contribution in [1.82, 2.24) is 0 Å². The molecule has 4 aliphatic carbocycles. The molecule has 3 unspecified atom stereocenters. The molecule has 4 rings (SSSR count). The van der Waals surface area contributed by atoms with Gasteiger partial charge in [-0.25, -0.2) is 0 Å².